The Bertz CT molecular complexity index is 439. The molecule has 0 atom stereocenters. The highest BCUT2D eigenvalue weighted by molar-refractivity contribution is 8.45. The summed E-state index contributed by atoms with van der Waals surface area (Å²) in [6, 6.07) is 0.942. The minimum Gasteiger partial charge on any atom is -0.496 e. The molecule has 0 aliphatic heterocycles. The standard InChI is InChI=1S/C8H7F5O2S/c1-15-8-3-2-7(4-6(8)5-14)16(9,10,11,12)13/h2-5H,1H3. The van der Waals surface area contributed by atoms with Gasteiger partial charge in [0.25, 0.3) is 0 Å². The van der Waals surface area contributed by atoms with Crippen LogP contribution in [0.15, 0.2) is 23.1 Å². The van der Waals surface area contributed by atoms with Crippen molar-refractivity contribution in [1.82, 2.24) is 0 Å². The van der Waals surface area contributed by atoms with E-state index in [0.29, 0.717) is 6.07 Å². The first-order valence-electron chi connectivity index (χ1n) is 3.85. The molecule has 0 heterocycles. The third-order valence-corrected chi connectivity index (χ3v) is 2.92. The van der Waals surface area contributed by atoms with E-state index < -0.39 is 20.7 Å². The molecular weight excluding hydrogens is 255 g/mol. The molecule has 0 N–H and O–H groups in total. The van der Waals surface area contributed by atoms with Gasteiger partial charge in [-0.15, -0.1) is 0 Å². The number of hydrogen-bond acceptors (Lipinski definition) is 2. The quantitative estimate of drug-likeness (QED) is 0.603. The van der Waals surface area contributed by atoms with Crippen molar-refractivity contribution >= 4 is 16.5 Å². The van der Waals surface area contributed by atoms with Crippen LogP contribution in [0.4, 0.5) is 19.4 Å². The van der Waals surface area contributed by atoms with E-state index in [1.54, 1.807) is 0 Å². The van der Waals surface area contributed by atoms with Gasteiger partial charge in [-0.3, -0.25) is 4.79 Å². The van der Waals surface area contributed by atoms with Crippen LogP contribution in [0.3, 0.4) is 0 Å². The summed E-state index contributed by atoms with van der Waals surface area (Å²) < 4.78 is 66.3. The molecule has 0 saturated heterocycles. The Kier molecular flexibility index (Phi) is 2.29. The molecule has 1 aromatic rings. The lowest BCUT2D eigenvalue weighted by Gasteiger charge is -2.40. The Morgan fingerprint density at radius 3 is 2.12 bits per heavy atom. The van der Waals surface area contributed by atoms with Crippen molar-refractivity contribution in [3.05, 3.63) is 23.8 Å². The minimum atomic E-state index is -9.73. The van der Waals surface area contributed by atoms with Crippen LogP contribution in [0, 0.1) is 0 Å². The topological polar surface area (TPSA) is 26.3 Å². The van der Waals surface area contributed by atoms with E-state index >= 15 is 0 Å². The van der Waals surface area contributed by atoms with E-state index in [4.69, 9.17) is 0 Å². The molecule has 0 saturated carbocycles. The highest BCUT2D eigenvalue weighted by Gasteiger charge is 2.65. The lowest BCUT2D eigenvalue weighted by Crippen LogP contribution is -2.07. The summed E-state index contributed by atoms with van der Waals surface area (Å²) in [4.78, 5) is 8.29. The highest BCUT2D eigenvalue weighted by atomic mass is 32.5. The van der Waals surface area contributed by atoms with Crippen molar-refractivity contribution in [2.75, 3.05) is 7.11 Å². The number of carbonyl (C=O) groups excluding carboxylic acids is 1. The van der Waals surface area contributed by atoms with E-state index in [0.717, 1.165) is 7.11 Å². The highest BCUT2D eigenvalue weighted by Crippen LogP contribution is 3.02. The Morgan fingerprint density at radius 1 is 1.19 bits per heavy atom. The first kappa shape index (κ1) is 12.8. The molecule has 0 spiro atoms. The molecule has 1 aromatic carbocycles. The Hall–Kier alpha value is -1.31. The third kappa shape index (κ3) is 2.63. The maximum absolute atomic E-state index is 12.3. The van der Waals surface area contributed by atoms with Gasteiger partial charge in [0.1, 0.15) is 10.6 Å². The molecule has 0 aliphatic rings. The largest absolute Gasteiger partial charge is 0.496 e. The molecule has 0 amide bonds. The van der Waals surface area contributed by atoms with Crippen LogP contribution < -0.4 is 4.74 Å². The van der Waals surface area contributed by atoms with Gasteiger partial charge in [0.05, 0.1) is 12.7 Å². The lowest BCUT2D eigenvalue weighted by molar-refractivity contribution is 0.112. The molecule has 1 rings (SSSR count). The van der Waals surface area contributed by atoms with Crippen LogP contribution in [-0.2, 0) is 0 Å². The molecule has 0 unspecified atom stereocenters. The Labute approximate surface area is 87.7 Å². The van der Waals surface area contributed by atoms with Crippen molar-refractivity contribution < 1.29 is 29.0 Å². The molecule has 8 heteroatoms. The van der Waals surface area contributed by atoms with E-state index in [2.05, 4.69) is 4.74 Å². The Morgan fingerprint density at radius 2 is 1.75 bits per heavy atom. The number of hydrogen-bond donors (Lipinski definition) is 0. The predicted molar refractivity (Wildman–Crippen MR) is 49.8 cm³/mol. The normalized spacial score (nSPS) is 16.1. The number of rotatable bonds is 3. The van der Waals surface area contributed by atoms with Crippen molar-refractivity contribution in [1.29, 1.82) is 0 Å². The average molecular weight is 262 g/mol. The average Bonchev–Trinajstić information content (AvgIpc) is 2.13. The van der Waals surface area contributed by atoms with Crippen LogP contribution >= 0.6 is 10.2 Å². The van der Waals surface area contributed by atoms with E-state index in [-0.39, 0.29) is 24.2 Å². The summed E-state index contributed by atoms with van der Waals surface area (Å²) in [6.45, 7) is 0. The van der Waals surface area contributed by atoms with Gasteiger partial charge in [-0.25, -0.2) is 0 Å². The van der Waals surface area contributed by atoms with Crippen LogP contribution in [0.25, 0.3) is 0 Å². The van der Waals surface area contributed by atoms with Crippen LogP contribution in [0.5, 0.6) is 5.75 Å². The number of halogens is 5. The molecule has 16 heavy (non-hydrogen) atoms. The molecule has 0 fully saturated rings. The van der Waals surface area contributed by atoms with E-state index in [9.17, 15) is 24.2 Å². The fourth-order valence-electron chi connectivity index (χ4n) is 1.04. The summed E-state index contributed by atoms with van der Waals surface area (Å²) in [5, 5.41) is 0. The van der Waals surface area contributed by atoms with Crippen molar-refractivity contribution in [2.45, 2.75) is 4.90 Å². The van der Waals surface area contributed by atoms with Crippen LogP contribution in [0.2, 0.25) is 0 Å². The molecule has 0 bridgehead atoms. The first-order chi connectivity index (χ1) is 6.97. The Balaban J connectivity index is 3.48. The van der Waals surface area contributed by atoms with Crippen LogP contribution in [0.1, 0.15) is 10.4 Å². The van der Waals surface area contributed by atoms with Gasteiger partial charge in [-0.05, 0) is 18.2 Å². The summed E-state index contributed by atoms with van der Waals surface area (Å²) in [7, 11) is -8.62. The second-order valence-corrected chi connectivity index (χ2v) is 5.40. The molecule has 0 aromatic heterocycles. The van der Waals surface area contributed by atoms with Gasteiger partial charge in [0, 0.05) is 0 Å². The maximum Gasteiger partial charge on any atom is 0.310 e. The van der Waals surface area contributed by atoms with Crippen molar-refractivity contribution in [2.24, 2.45) is 0 Å². The van der Waals surface area contributed by atoms with Crippen molar-refractivity contribution in [3.63, 3.8) is 0 Å². The number of methoxy groups -OCH3 is 1. The number of ether oxygens (including phenoxy) is 1. The van der Waals surface area contributed by atoms with Gasteiger partial charge in [-0.2, -0.15) is 0 Å². The summed E-state index contributed by atoms with van der Waals surface area (Å²) >= 11 is 0. The number of aldehydes is 1. The second-order valence-electron chi connectivity index (χ2n) is 2.99. The third-order valence-electron chi connectivity index (χ3n) is 1.77. The van der Waals surface area contributed by atoms with Gasteiger partial charge < -0.3 is 4.74 Å². The smallest absolute Gasteiger partial charge is 0.310 e. The zero-order chi connectivity index (χ0) is 12.7. The second kappa shape index (κ2) is 2.88. The monoisotopic (exact) mass is 262 g/mol. The van der Waals surface area contributed by atoms with Crippen LogP contribution in [-0.4, -0.2) is 13.4 Å². The fourth-order valence-corrected chi connectivity index (χ4v) is 1.72. The first-order valence-corrected chi connectivity index (χ1v) is 5.80. The predicted octanol–water partition coefficient (Wildman–Crippen LogP) is 4.17. The molecule has 0 radical (unpaired) electrons. The molecular formula is C8H7F5O2S. The summed E-state index contributed by atoms with van der Waals surface area (Å²) in [6.07, 6.45) is 0.0197. The molecule has 92 valence electrons. The van der Waals surface area contributed by atoms with E-state index in [1.165, 1.54) is 0 Å². The summed E-state index contributed by atoms with van der Waals surface area (Å²) in [5.41, 5.74) is -0.576. The van der Waals surface area contributed by atoms with Gasteiger partial charge >= 0.3 is 10.2 Å². The molecule has 0 aliphatic carbocycles. The van der Waals surface area contributed by atoms with Gasteiger partial charge in [0.15, 0.2) is 6.29 Å². The van der Waals surface area contributed by atoms with Gasteiger partial charge in [-0.1, -0.05) is 19.4 Å². The summed E-state index contributed by atoms with van der Waals surface area (Å²) in [5.74, 6) is -0.194. The van der Waals surface area contributed by atoms with E-state index in [1.807, 2.05) is 0 Å². The maximum atomic E-state index is 12.3. The van der Waals surface area contributed by atoms with Crippen molar-refractivity contribution in [3.8, 4) is 5.75 Å². The number of carbonyl (C=O) groups is 1. The lowest BCUT2D eigenvalue weighted by atomic mass is 10.2. The number of benzene rings is 1. The fraction of sp³-hybridized carbons (Fsp3) is 0.125. The SMILES string of the molecule is COc1ccc(S(F)(F)(F)(F)F)cc1C=O. The van der Waals surface area contributed by atoms with Gasteiger partial charge in [0.2, 0.25) is 0 Å². The minimum absolute atomic E-state index is 0.0197. The molecule has 2 nitrogen and oxygen atoms in total. The zero-order valence-electron chi connectivity index (χ0n) is 7.92. The zero-order valence-corrected chi connectivity index (χ0v) is 8.74.